The van der Waals surface area contributed by atoms with Crippen LogP contribution < -0.4 is 5.11 Å². The van der Waals surface area contributed by atoms with Crippen molar-refractivity contribution in [2.75, 3.05) is 20.6 Å². The van der Waals surface area contributed by atoms with Gasteiger partial charge < -0.3 is 14.8 Å². The zero-order valence-corrected chi connectivity index (χ0v) is 5.89. The first-order chi connectivity index (χ1) is 4.13. The Morgan fingerprint density at radius 3 is 2.44 bits per heavy atom. The van der Waals surface area contributed by atoms with E-state index in [0.717, 1.165) is 6.54 Å². The van der Waals surface area contributed by atoms with Crippen LogP contribution in [0.15, 0.2) is 0 Å². The topological polar surface area (TPSA) is 43.4 Å². The van der Waals surface area contributed by atoms with Gasteiger partial charge in [-0.3, -0.25) is 0 Å². The molecule has 54 valence electrons. The van der Waals surface area contributed by atoms with Gasteiger partial charge in [-0.1, -0.05) is 0 Å². The van der Waals surface area contributed by atoms with Crippen molar-refractivity contribution in [3.05, 3.63) is 0 Å². The predicted octanol–water partition coefficient (Wildman–Crippen LogP) is -0.922. The highest BCUT2D eigenvalue weighted by Gasteiger charge is 1.89. The van der Waals surface area contributed by atoms with Gasteiger partial charge in [-0.05, 0) is 33.5 Å². The second-order valence-electron chi connectivity index (χ2n) is 2.28. The Morgan fingerprint density at radius 2 is 2.11 bits per heavy atom. The molecule has 9 heavy (non-hydrogen) atoms. The SMILES string of the molecule is CN(C)CCCC(=O)[O-]. The molecule has 0 heterocycles. The second-order valence-corrected chi connectivity index (χ2v) is 2.28. The summed E-state index contributed by atoms with van der Waals surface area (Å²) in [6.07, 6.45) is 0.841. The summed E-state index contributed by atoms with van der Waals surface area (Å²) >= 11 is 0. The molecule has 3 nitrogen and oxygen atoms in total. The van der Waals surface area contributed by atoms with Crippen LogP contribution in [0.2, 0.25) is 0 Å². The van der Waals surface area contributed by atoms with Gasteiger partial charge in [-0.2, -0.15) is 0 Å². The van der Waals surface area contributed by atoms with Gasteiger partial charge in [0.25, 0.3) is 0 Å². The molecule has 0 fully saturated rings. The maximum Gasteiger partial charge on any atom is 0.0414 e. The van der Waals surface area contributed by atoms with Crippen molar-refractivity contribution in [3.63, 3.8) is 0 Å². The number of carboxylic acid groups (broad SMARTS) is 1. The monoisotopic (exact) mass is 130 g/mol. The molecule has 0 radical (unpaired) electrons. The lowest BCUT2D eigenvalue weighted by atomic mass is 10.3. The van der Waals surface area contributed by atoms with E-state index in [-0.39, 0.29) is 6.42 Å². The quantitative estimate of drug-likeness (QED) is 0.494. The fraction of sp³-hybridized carbons (Fsp3) is 0.833. The molecule has 0 aliphatic heterocycles. The molecule has 0 saturated carbocycles. The Bertz CT molecular complexity index is 91.1. The highest BCUT2D eigenvalue weighted by molar-refractivity contribution is 5.64. The first-order valence-electron chi connectivity index (χ1n) is 2.97. The van der Waals surface area contributed by atoms with Crippen molar-refractivity contribution in [2.24, 2.45) is 0 Å². The van der Waals surface area contributed by atoms with Crippen LogP contribution in [0.3, 0.4) is 0 Å². The van der Waals surface area contributed by atoms with Crippen LogP contribution in [0.1, 0.15) is 12.8 Å². The molecule has 0 N–H and O–H groups in total. The first-order valence-corrected chi connectivity index (χ1v) is 2.97. The molecular formula is C6H12NO2-. The second kappa shape index (κ2) is 4.32. The van der Waals surface area contributed by atoms with Crippen molar-refractivity contribution in [1.82, 2.24) is 4.90 Å². The molecule has 0 atom stereocenters. The van der Waals surface area contributed by atoms with Crippen molar-refractivity contribution in [1.29, 1.82) is 0 Å². The molecule has 0 amide bonds. The third-order valence-corrected chi connectivity index (χ3v) is 0.986. The Hall–Kier alpha value is -0.570. The fourth-order valence-corrected chi connectivity index (χ4v) is 0.540. The third kappa shape index (κ3) is 7.43. The lowest BCUT2D eigenvalue weighted by molar-refractivity contribution is -0.305. The minimum atomic E-state index is -0.961. The summed E-state index contributed by atoms with van der Waals surface area (Å²) in [5.74, 6) is -0.961. The number of carbonyl (C=O) groups excluding carboxylic acids is 1. The molecule has 0 rings (SSSR count). The van der Waals surface area contributed by atoms with E-state index in [1.165, 1.54) is 0 Å². The van der Waals surface area contributed by atoms with E-state index >= 15 is 0 Å². The Balaban J connectivity index is 3.01. The van der Waals surface area contributed by atoms with Crippen molar-refractivity contribution >= 4 is 5.97 Å². The maximum atomic E-state index is 9.85. The number of nitrogens with zero attached hydrogens (tertiary/aromatic N) is 1. The maximum absolute atomic E-state index is 9.85. The first kappa shape index (κ1) is 8.43. The summed E-state index contributed by atoms with van der Waals surface area (Å²) in [4.78, 5) is 11.8. The van der Waals surface area contributed by atoms with Crippen LogP contribution in [0.4, 0.5) is 0 Å². The van der Waals surface area contributed by atoms with E-state index in [0.29, 0.717) is 6.42 Å². The average molecular weight is 130 g/mol. The van der Waals surface area contributed by atoms with Crippen molar-refractivity contribution in [2.45, 2.75) is 12.8 Å². The molecule has 0 aliphatic rings. The summed E-state index contributed by atoms with van der Waals surface area (Å²) in [5, 5.41) is 9.85. The van der Waals surface area contributed by atoms with E-state index in [9.17, 15) is 9.90 Å². The summed E-state index contributed by atoms with van der Waals surface area (Å²) in [5.41, 5.74) is 0. The van der Waals surface area contributed by atoms with Gasteiger partial charge in [0, 0.05) is 5.97 Å². The van der Waals surface area contributed by atoms with Crippen LogP contribution >= 0.6 is 0 Å². The van der Waals surface area contributed by atoms with Gasteiger partial charge in [0.1, 0.15) is 0 Å². The fourth-order valence-electron chi connectivity index (χ4n) is 0.540. The number of hydrogen-bond acceptors (Lipinski definition) is 3. The average Bonchev–Trinajstić information content (AvgIpc) is 1.63. The molecule has 0 spiro atoms. The zero-order chi connectivity index (χ0) is 7.28. The number of carbonyl (C=O) groups is 1. The summed E-state index contributed by atoms with van der Waals surface area (Å²) in [7, 11) is 3.82. The van der Waals surface area contributed by atoms with E-state index in [1.807, 2.05) is 19.0 Å². The molecule has 0 aromatic heterocycles. The highest BCUT2D eigenvalue weighted by Crippen LogP contribution is 1.87. The molecule has 3 heteroatoms. The Kier molecular flexibility index (Phi) is 4.05. The normalized spacial score (nSPS) is 10.1. The lowest BCUT2D eigenvalue weighted by Crippen LogP contribution is -2.23. The predicted molar refractivity (Wildman–Crippen MR) is 32.8 cm³/mol. The standard InChI is InChI=1S/C6H13NO2/c1-7(2)5-3-4-6(8)9/h3-5H2,1-2H3,(H,8,9)/p-1. The summed E-state index contributed by atoms with van der Waals surface area (Å²) in [6, 6.07) is 0. The smallest absolute Gasteiger partial charge is 0.0414 e. The molecule has 0 aromatic carbocycles. The number of rotatable bonds is 4. The molecule has 0 unspecified atom stereocenters. The lowest BCUT2D eigenvalue weighted by Gasteiger charge is -2.08. The van der Waals surface area contributed by atoms with Crippen LogP contribution in [0, 0.1) is 0 Å². The van der Waals surface area contributed by atoms with Gasteiger partial charge in [-0.25, -0.2) is 0 Å². The number of carboxylic acids is 1. The largest absolute Gasteiger partial charge is 0.550 e. The minimum absolute atomic E-state index is 0.165. The van der Waals surface area contributed by atoms with Gasteiger partial charge in [-0.15, -0.1) is 0 Å². The zero-order valence-electron chi connectivity index (χ0n) is 5.89. The molecule has 0 aromatic rings. The van der Waals surface area contributed by atoms with E-state index < -0.39 is 5.97 Å². The minimum Gasteiger partial charge on any atom is -0.550 e. The molecule has 0 aliphatic carbocycles. The van der Waals surface area contributed by atoms with Crippen molar-refractivity contribution < 1.29 is 9.90 Å². The van der Waals surface area contributed by atoms with Gasteiger partial charge in [0.15, 0.2) is 0 Å². The van der Waals surface area contributed by atoms with Crippen LogP contribution in [0.25, 0.3) is 0 Å². The summed E-state index contributed by atoms with van der Waals surface area (Å²) < 4.78 is 0. The molecular weight excluding hydrogens is 118 g/mol. The third-order valence-electron chi connectivity index (χ3n) is 0.986. The van der Waals surface area contributed by atoms with Crippen molar-refractivity contribution in [3.8, 4) is 0 Å². The van der Waals surface area contributed by atoms with Gasteiger partial charge >= 0.3 is 0 Å². The number of aliphatic carboxylic acids is 1. The van der Waals surface area contributed by atoms with Gasteiger partial charge in [0.2, 0.25) is 0 Å². The van der Waals surface area contributed by atoms with Crippen LogP contribution in [-0.2, 0) is 4.79 Å². The molecule has 0 bridgehead atoms. The van der Waals surface area contributed by atoms with Crippen LogP contribution in [-0.4, -0.2) is 31.5 Å². The highest BCUT2D eigenvalue weighted by atomic mass is 16.4. The Labute approximate surface area is 55.3 Å². The summed E-state index contributed by atoms with van der Waals surface area (Å²) in [6.45, 7) is 0.813. The van der Waals surface area contributed by atoms with E-state index in [4.69, 9.17) is 0 Å². The van der Waals surface area contributed by atoms with Gasteiger partial charge in [0.05, 0.1) is 0 Å². The molecule has 0 saturated heterocycles. The Morgan fingerprint density at radius 1 is 1.56 bits per heavy atom. The number of hydrogen-bond donors (Lipinski definition) is 0. The van der Waals surface area contributed by atoms with Crippen LogP contribution in [0.5, 0.6) is 0 Å². The van der Waals surface area contributed by atoms with E-state index in [2.05, 4.69) is 0 Å². The van der Waals surface area contributed by atoms with E-state index in [1.54, 1.807) is 0 Å².